The molecule has 0 fully saturated rings. The van der Waals surface area contributed by atoms with Crippen LogP contribution in [0.25, 0.3) is 0 Å². The molecule has 1 aliphatic rings. The van der Waals surface area contributed by atoms with Crippen molar-refractivity contribution in [3.63, 3.8) is 0 Å². The molecule has 0 spiro atoms. The van der Waals surface area contributed by atoms with Gasteiger partial charge in [-0.25, -0.2) is 4.98 Å². The van der Waals surface area contributed by atoms with Gasteiger partial charge in [-0.2, -0.15) is 5.26 Å². The Labute approximate surface area is 187 Å². The van der Waals surface area contributed by atoms with Crippen LogP contribution in [0.2, 0.25) is 0 Å². The lowest BCUT2D eigenvalue weighted by Crippen LogP contribution is -2.32. The number of hydrogen-bond donors (Lipinski definition) is 0. The summed E-state index contributed by atoms with van der Waals surface area (Å²) in [6.45, 7) is 1.89. The van der Waals surface area contributed by atoms with Crippen LogP contribution in [0.1, 0.15) is 43.0 Å². The third-order valence-corrected chi connectivity index (χ3v) is 6.61. The van der Waals surface area contributed by atoms with Crippen molar-refractivity contribution in [2.24, 2.45) is 0 Å². The van der Waals surface area contributed by atoms with Crippen LogP contribution < -0.4 is 4.90 Å². The average Bonchev–Trinajstić information content (AvgIpc) is 3.05. The van der Waals surface area contributed by atoms with E-state index < -0.39 is 5.25 Å². The number of carbonyl (C=O) groups is 1. The summed E-state index contributed by atoms with van der Waals surface area (Å²) in [5.74, 6) is -0.0389. The number of nitrogens with zero attached hydrogens (tertiary/aromatic N) is 3. The number of anilines is 2. The Bertz CT molecular complexity index is 1050. The maximum Gasteiger partial charge on any atom is 0.244 e. The van der Waals surface area contributed by atoms with Gasteiger partial charge in [-0.05, 0) is 68.5 Å². The minimum absolute atomic E-state index is 0.0389. The molecule has 3 aromatic rings. The Morgan fingerprint density at radius 3 is 2.23 bits per heavy atom. The van der Waals surface area contributed by atoms with E-state index in [1.165, 1.54) is 23.7 Å². The van der Waals surface area contributed by atoms with Gasteiger partial charge in [-0.1, -0.05) is 54.6 Å². The molecule has 1 aliphatic carbocycles. The van der Waals surface area contributed by atoms with Crippen molar-refractivity contribution in [2.75, 3.05) is 4.90 Å². The first kappa shape index (κ1) is 21.1. The largest absolute Gasteiger partial charge is 0.280 e. The van der Waals surface area contributed by atoms with E-state index in [2.05, 4.69) is 6.07 Å². The Hall–Kier alpha value is -3.10. The van der Waals surface area contributed by atoms with Crippen LogP contribution in [0.15, 0.2) is 71.8 Å². The van der Waals surface area contributed by atoms with Gasteiger partial charge >= 0.3 is 0 Å². The predicted octanol–water partition coefficient (Wildman–Crippen LogP) is 6.07. The topological polar surface area (TPSA) is 57.0 Å². The minimum Gasteiger partial charge on any atom is -0.280 e. The summed E-state index contributed by atoms with van der Waals surface area (Å²) in [4.78, 5) is 20.2. The van der Waals surface area contributed by atoms with E-state index in [-0.39, 0.29) is 5.91 Å². The highest BCUT2D eigenvalue weighted by Crippen LogP contribution is 2.33. The van der Waals surface area contributed by atoms with E-state index in [0.29, 0.717) is 10.6 Å². The van der Waals surface area contributed by atoms with Crippen molar-refractivity contribution in [3.8, 4) is 6.07 Å². The Morgan fingerprint density at radius 2 is 1.61 bits per heavy atom. The Morgan fingerprint density at radius 1 is 1.00 bits per heavy atom. The van der Waals surface area contributed by atoms with Crippen LogP contribution in [0.3, 0.4) is 0 Å². The molecule has 0 saturated heterocycles. The number of fused-ring (bicyclic) bond motifs is 1. The minimum atomic E-state index is -0.399. The summed E-state index contributed by atoms with van der Waals surface area (Å²) in [5, 5.41) is 9.97. The van der Waals surface area contributed by atoms with E-state index in [0.717, 1.165) is 42.8 Å². The van der Waals surface area contributed by atoms with E-state index in [1.54, 1.807) is 4.90 Å². The maximum atomic E-state index is 13.6. The normalized spacial score (nSPS) is 14.1. The van der Waals surface area contributed by atoms with Gasteiger partial charge in [-0.3, -0.25) is 9.69 Å². The van der Waals surface area contributed by atoms with E-state index >= 15 is 0 Å². The van der Waals surface area contributed by atoms with Gasteiger partial charge in [0.2, 0.25) is 5.91 Å². The molecule has 1 amide bonds. The molecule has 5 heteroatoms. The molecule has 0 aliphatic heterocycles. The number of thioether (sulfide) groups is 1. The van der Waals surface area contributed by atoms with Crippen molar-refractivity contribution in [2.45, 2.75) is 49.3 Å². The monoisotopic (exact) mass is 427 g/mol. The molecule has 1 aromatic heterocycles. The number of nitriles is 1. The second-order valence-corrected chi connectivity index (χ2v) is 9.05. The molecule has 1 atom stereocenters. The number of hydrogen-bond acceptors (Lipinski definition) is 4. The number of amides is 1. The summed E-state index contributed by atoms with van der Waals surface area (Å²) in [6.07, 6.45) is 5.38. The SMILES string of the molecule is CC(Sc1nc2c(cc1C#N)CCCCC2)C(=O)N(c1ccccc1)c1ccccc1. The molecule has 1 unspecified atom stereocenters. The van der Waals surface area contributed by atoms with Crippen LogP contribution in [0, 0.1) is 11.3 Å². The second-order valence-electron chi connectivity index (χ2n) is 7.72. The molecular formula is C26H25N3OS. The summed E-state index contributed by atoms with van der Waals surface area (Å²) in [5.41, 5.74) is 4.48. The number of benzene rings is 2. The fraction of sp³-hybridized carbons (Fsp3) is 0.269. The Kier molecular flexibility index (Phi) is 6.69. The van der Waals surface area contributed by atoms with Crippen LogP contribution in [-0.4, -0.2) is 16.1 Å². The van der Waals surface area contributed by atoms with Crippen LogP contribution >= 0.6 is 11.8 Å². The van der Waals surface area contributed by atoms with Crippen LogP contribution in [0.4, 0.5) is 11.4 Å². The standard InChI is InChI=1S/C26H25N3OS/c1-19(31-25-21(18-27)17-20-11-5-2-10-16-24(20)28-25)26(30)29(22-12-6-3-7-13-22)23-14-8-4-9-15-23/h3-4,6-9,12-15,17,19H,2,5,10-11,16H2,1H3. The first-order chi connectivity index (χ1) is 15.2. The lowest BCUT2D eigenvalue weighted by molar-refractivity contribution is -0.117. The second kappa shape index (κ2) is 9.80. The third kappa shape index (κ3) is 4.81. The molecule has 0 N–H and O–H groups in total. The highest BCUT2D eigenvalue weighted by atomic mass is 32.2. The van der Waals surface area contributed by atoms with Gasteiger partial charge in [0.1, 0.15) is 11.1 Å². The summed E-state index contributed by atoms with van der Waals surface area (Å²) < 4.78 is 0. The number of para-hydroxylation sites is 2. The molecule has 4 nitrogen and oxygen atoms in total. The fourth-order valence-corrected chi connectivity index (χ4v) is 4.85. The number of rotatable bonds is 5. The average molecular weight is 428 g/mol. The van der Waals surface area contributed by atoms with Crippen LogP contribution in [0.5, 0.6) is 0 Å². The first-order valence-corrected chi connectivity index (χ1v) is 11.6. The number of aromatic nitrogens is 1. The van der Waals surface area contributed by atoms with Gasteiger partial charge in [-0.15, -0.1) is 0 Å². The lowest BCUT2D eigenvalue weighted by Gasteiger charge is -2.26. The lowest BCUT2D eigenvalue weighted by atomic mass is 10.1. The smallest absolute Gasteiger partial charge is 0.244 e. The number of carbonyl (C=O) groups excluding carboxylic acids is 1. The van der Waals surface area contributed by atoms with E-state index in [4.69, 9.17) is 4.98 Å². The van der Waals surface area contributed by atoms with E-state index in [1.807, 2.05) is 73.7 Å². The summed E-state index contributed by atoms with van der Waals surface area (Å²) >= 11 is 1.38. The molecule has 4 rings (SSSR count). The molecule has 0 saturated carbocycles. The van der Waals surface area contributed by atoms with Gasteiger partial charge in [0, 0.05) is 17.1 Å². The zero-order chi connectivity index (χ0) is 21.6. The molecule has 0 radical (unpaired) electrons. The van der Waals surface area contributed by atoms with Crippen LogP contribution in [-0.2, 0) is 17.6 Å². The zero-order valence-corrected chi connectivity index (χ0v) is 18.4. The van der Waals surface area contributed by atoms with Gasteiger partial charge in [0.15, 0.2) is 0 Å². The first-order valence-electron chi connectivity index (χ1n) is 10.7. The Balaban J connectivity index is 1.64. The zero-order valence-electron chi connectivity index (χ0n) is 17.6. The van der Waals surface area contributed by atoms with Crippen molar-refractivity contribution in [1.82, 2.24) is 4.98 Å². The molecule has 2 aromatic carbocycles. The fourth-order valence-electron chi connectivity index (χ4n) is 3.92. The van der Waals surface area contributed by atoms with Crippen molar-refractivity contribution in [3.05, 3.63) is 83.6 Å². The molecule has 0 bridgehead atoms. The van der Waals surface area contributed by atoms with Crippen molar-refractivity contribution in [1.29, 1.82) is 5.26 Å². The highest BCUT2D eigenvalue weighted by Gasteiger charge is 2.26. The molecule has 1 heterocycles. The number of aryl methyl sites for hydroxylation is 2. The molecule has 156 valence electrons. The highest BCUT2D eigenvalue weighted by molar-refractivity contribution is 8.00. The molecular weight excluding hydrogens is 402 g/mol. The van der Waals surface area contributed by atoms with E-state index in [9.17, 15) is 10.1 Å². The van der Waals surface area contributed by atoms with Crippen molar-refractivity contribution >= 4 is 29.0 Å². The van der Waals surface area contributed by atoms with Gasteiger partial charge in [0.25, 0.3) is 0 Å². The quantitative estimate of drug-likeness (QED) is 0.366. The summed E-state index contributed by atoms with van der Waals surface area (Å²) in [6, 6.07) is 23.6. The van der Waals surface area contributed by atoms with Gasteiger partial charge < -0.3 is 0 Å². The third-order valence-electron chi connectivity index (χ3n) is 5.52. The maximum absolute atomic E-state index is 13.6. The summed E-state index contributed by atoms with van der Waals surface area (Å²) in [7, 11) is 0. The number of pyridine rings is 1. The van der Waals surface area contributed by atoms with Gasteiger partial charge in [0.05, 0.1) is 10.8 Å². The predicted molar refractivity (Wildman–Crippen MR) is 126 cm³/mol. The van der Waals surface area contributed by atoms with Crippen molar-refractivity contribution < 1.29 is 4.79 Å². The molecule has 31 heavy (non-hydrogen) atoms.